The van der Waals surface area contributed by atoms with E-state index in [2.05, 4.69) is 0 Å². The van der Waals surface area contributed by atoms with Gasteiger partial charge in [0.1, 0.15) is 11.5 Å². The molecule has 0 fully saturated rings. The minimum absolute atomic E-state index is 0.252. The second kappa shape index (κ2) is 6.43. The highest BCUT2D eigenvalue weighted by atomic mass is 35.5. The highest BCUT2D eigenvalue weighted by Gasteiger charge is 2.04. The Morgan fingerprint density at radius 3 is 2.17 bits per heavy atom. The molecule has 0 unspecified atom stereocenters. The van der Waals surface area contributed by atoms with Crippen molar-refractivity contribution in [3.05, 3.63) is 60.2 Å². The van der Waals surface area contributed by atoms with Crippen LogP contribution in [-0.2, 0) is 6.42 Å². The molecule has 0 aromatic heterocycles. The summed E-state index contributed by atoms with van der Waals surface area (Å²) >= 11 is 5.57. The first kappa shape index (κ1) is 12.9. The smallest absolute Gasteiger partial charge is 0.127 e. The van der Waals surface area contributed by atoms with Gasteiger partial charge >= 0.3 is 0 Å². The van der Waals surface area contributed by atoms with Crippen LogP contribution in [0.4, 0.5) is 0 Å². The molecule has 2 aromatic rings. The average Bonchev–Trinajstić information content (AvgIpc) is 2.42. The van der Waals surface area contributed by atoms with Crippen LogP contribution < -0.4 is 4.74 Å². The lowest BCUT2D eigenvalue weighted by atomic mass is 10.1. The van der Waals surface area contributed by atoms with Crippen molar-refractivity contribution >= 4 is 11.6 Å². The maximum absolute atomic E-state index is 9.45. The van der Waals surface area contributed by atoms with Crippen molar-refractivity contribution in [1.82, 2.24) is 0 Å². The number of hydrogen-bond acceptors (Lipinski definition) is 2. The lowest BCUT2D eigenvalue weighted by molar-refractivity contribution is 0.198. The largest absolute Gasteiger partial charge is 0.457 e. The summed E-state index contributed by atoms with van der Waals surface area (Å²) in [5.74, 6) is 1.85. The molecule has 0 aliphatic heterocycles. The second-order valence-electron chi connectivity index (χ2n) is 4.07. The Balaban J connectivity index is 2.00. The van der Waals surface area contributed by atoms with E-state index in [-0.39, 0.29) is 5.88 Å². The Bertz CT molecular complexity index is 468. The average molecular weight is 263 g/mol. The first-order chi connectivity index (χ1) is 8.78. The predicted octanol–water partition coefficient (Wildman–Crippen LogP) is 3.62. The lowest BCUT2D eigenvalue weighted by Crippen LogP contribution is -2.11. The third-order valence-electron chi connectivity index (χ3n) is 2.55. The molecule has 0 bridgehead atoms. The fraction of sp³-hybridized carbons (Fsp3) is 0.200. The molecule has 0 heterocycles. The van der Waals surface area contributed by atoms with Crippen LogP contribution in [0.3, 0.4) is 0 Å². The van der Waals surface area contributed by atoms with Crippen molar-refractivity contribution in [3.8, 4) is 11.5 Å². The fourth-order valence-corrected chi connectivity index (χ4v) is 1.75. The zero-order chi connectivity index (χ0) is 12.8. The van der Waals surface area contributed by atoms with Crippen LogP contribution in [0, 0.1) is 0 Å². The monoisotopic (exact) mass is 262 g/mol. The molecule has 18 heavy (non-hydrogen) atoms. The van der Waals surface area contributed by atoms with Gasteiger partial charge in [0.15, 0.2) is 0 Å². The van der Waals surface area contributed by atoms with Gasteiger partial charge in [-0.05, 0) is 36.2 Å². The second-order valence-corrected chi connectivity index (χ2v) is 4.38. The molecular weight excluding hydrogens is 248 g/mol. The van der Waals surface area contributed by atoms with Crippen LogP contribution in [0.25, 0.3) is 0 Å². The van der Waals surface area contributed by atoms with Crippen LogP contribution in [0.1, 0.15) is 5.56 Å². The highest BCUT2D eigenvalue weighted by Crippen LogP contribution is 2.21. The van der Waals surface area contributed by atoms with E-state index < -0.39 is 6.10 Å². The fourth-order valence-electron chi connectivity index (χ4n) is 1.64. The third-order valence-corrected chi connectivity index (χ3v) is 2.91. The highest BCUT2D eigenvalue weighted by molar-refractivity contribution is 6.18. The van der Waals surface area contributed by atoms with Gasteiger partial charge in [-0.2, -0.15) is 0 Å². The Kier molecular flexibility index (Phi) is 4.62. The summed E-state index contributed by atoms with van der Waals surface area (Å²) in [6.07, 6.45) is 0.0716. The minimum Gasteiger partial charge on any atom is -0.457 e. The summed E-state index contributed by atoms with van der Waals surface area (Å²) in [7, 11) is 0. The van der Waals surface area contributed by atoms with Crippen LogP contribution in [0.5, 0.6) is 11.5 Å². The predicted molar refractivity (Wildman–Crippen MR) is 73.4 cm³/mol. The van der Waals surface area contributed by atoms with E-state index in [1.807, 2.05) is 54.6 Å². The van der Waals surface area contributed by atoms with Crippen molar-refractivity contribution < 1.29 is 9.84 Å². The zero-order valence-corrected chi connectivity index (χ0v) is 10.7. The first-order valence-corrected chi connectivity index (χ1v) is 6.37. The number of halogens is 1. The van der Waals surface area contributed by atoms with Gasteiger partial charge in [-0.3, -0.25) is 0 Å². The van der Waals surface area contributed by atoms with Gasteiger partial charge < -0.3 is 9.84 Å². The Morgan fingerprint density at radius 1 is 0.944 bits per heavy atom. The molecule has 2 aromatic carbocycles. The molecule has 0 radical (unpaired) electrons. The first-order valence-electron chi connectivity index (χ1n) is 5.84. The van der Waals surface area contributed by atoms with Crippen molar-refractivity contribution in [1.29, 1.82) is 0 Å². The minimum atomic E-state index is -0.493. The van der Waals surface area contributed by atoms with Gasteiger partial charge in [0.2, 0.25) is 0 Å². The molecule has 0 spiro atoms. The topological polar surface area (TPSA) is 29.5 Å². The molecule has 0 saturated heterocycles. The summed E-state index contributed by atoms with van der Waals surface area (Å²) in [5, 5.41) is 9.45. The van der Waals surface area contributed by atoms with Gasteiger partial charge in [0.25, 0.3) is 0 Å². The Morgan fingerprint density at radius 2 is 1.56 bits per heavy atom. The Labute approximate surface area is 112 Å². The number of alkyl halides is 1. The van der Waals surface area contributed by atoms with Gasteiger partial charge in [-0.1, -0.05) is 30.3 Å². The lowest BCUT2D eigenvalue weighted by Gasteiger charge is -2.08. The summed E-state index contributed by atoms with van der Waals surface area (Å²) < 4.78 is 5.68. The zero-order valence-electron chi connectivity index (χ0n) is 9.92. The number of benzene rings is 2. The van der Waals surface area contributed by atoms with Crippen molar-refractivity contribution in [2.45, 2.75) is 12.5 Å². The van der Waals surface area contributed by atoms with Crippen LogP contribution in [0.2, 0.25) is 0 Å². The molecule has 1 atom stereocenters. The van der Waals surface area contributed by atoms with E-state index in [9.17, 15) is 5.11 Å². The Hall–Kier alpha value is -1.51. The van der Waals surface area contributed by atoms with Crippen LogP contribution in [0.15, 0.2) is 54.6 Å². The van der Waals surface area contributed by atoms with Crippen molar-refractivity contribution in [2.24, 2.45) is 0 Å². The summed E-state index contributed by atoms with van der Waals surface area (Å²) in [4.78, 5) is 0. The van der Waals surface area contributed by atoms with Gasteiger partial charge in [0, 0.05) is 5.88 Å². The van der Waals surface area contributed by atoms with Gasteiger partial charge in [-0.15, -0.1) is 11.6 Å². The third kappa shape index (κ3) is 3.76. The number of aliphatic hydroxyl groups excluding tert-OH is 1. The molecule has 0 amide bonds. The number of hydrogen-bond donors (Lipinski definition) is 1. The van der Waals surface area contributed by atoms with E-state index in [4.69, 9.17) is 16.3 Å². The molecule has 0 aliphatic rings. The normalized spacial score (nSPS) is 12.1. The van der Waals surface area contributed by atoms with E-state index in [0.29, 0.717) is 6.42 Å². The van der Waals surface area contributed by atoms with Crippen molar-refractivity contribution in [3.63, 3.8) is 0 Å². The van der Waals surface area contributed by atoms with E-state index in [1.54, 1.807) is 0 Å². The quantitative estimate of drug-likeness (QED) is 0.834. The SMILES string of the molecule is O[C@@H](CCl)Cc1ccc(Oc2ccccc2)cc1. The maximum Gasteiger partial charge on any atom is 0.127 e. The van der Waals surface area contributed by atoms with E-state index >= 15 is 0 Å². The van der Waals surface area contributed by atoms with Crippen LogP contribution >= 0.6 is 11.6 Å². The van der Waals surface area contributed by atoms with Gasteiger partial charge in [0.05, 0.1) is 6.10 Å². The van der Waals surface area contributed by atoms with E-state index in [1.165, 1.54) is 0 Å². The van der Waals surface area contributed by atoms with Crippen molar-refractivity contribution in [2.75, 3.05) is 5.88 Å². The standard InChI is InChI=1S/C15H15ClO2/c16-11-13(17)10-12-6-8-15(9-7-12)18-14-4-2-1-3-5-14/h1-9,13,17H,10-11H2/t13-/m1/s1. The summed E-state index contributed by atoms with van der Waals surface area (Å²) in [6, 6.07) is 17.3. The van der Waals surface area contributed by atoms with E-state index in [0.717, 1.165) is 17.1 Å². The number of ether oxygens (including phenoxy) is 1. The van der Waals surface area contributed by atoms with Gasteiger partial charge in [-0.25, -0.2) is 0 Å². The van der Waals surface area contributed by atoms with Crippen LogP contribution in [-0.4, -0.2) is 17.1 Å². The molecule has 3 heteroatoms. The number of rotatable bonds is 5. The molecule has 2 nitrogen and oxygen atoms in total. The molecule has 94 valence electrons. The summed E-state index contributed by atoms with van der Waals surface area (Å²) in [6.45, 7) is 0. The molecular formula is C15H15ClO2. The molecule has 0 saturated carbocycles. The molecule has 1 N–H and O–H groups in total. The molecule has 2 rings (SSSR count). The molecule has 0 aliphatic carbocycles. The number of aliphatic hydroxyl groups is 1. The number of para-hydroxylation sites is 1. The maximum atomic E-state index is 9.45. The summed E-state index contributed by atoms with van der Waals surface area (Å²) in [5.41, 5.74) is 1.04.